The molecule has 1 aliphatic rings. The molecular formula is C22H25N3O3. The van der Waals surface area contributed by atoms with Crippen molar-refractivity contribution >= 4 is 17.7 Å². The molecule has 0 aromatic heterocycles. The smallest absolute Gasteiger partial charge is 0.338 e. The van der Waals surface area contributed by atoms with Gasteiger partial charge in [0.2, 0.25) is 0 Å². The van der Waals surface area contributed by atoms with Gasteiger partial charge in [-0.15, -0.1) is 0 Å². The molecule has 6 heteroatoms. The summed E-state index contributed by atoms with van der Waals surface area (Å²) >= 11 is 0. The molecular weight excluding hydrogens is 354 g/mol. The molecule has 2 aromatic rings. The first-order chi connectivity index (χ1) is 13.3. The highest BCUT2D eigenvalue weighted by Crippen LogP contribution is 2.29. The van der Waals surface area contributed by atoms with Gasteiger partial charge in [-0.25, -0.2) is 9.59 Å². The second-order valence-corrected chi connectivity index (χ2v) is 7.12. The summed E-state index contributed by atoms with van der Waals surface area (Å²) in [5.41, 5.74) is 4.82. The number of urea groups is 1. The Hall–Kier alpha value is -3.28. The normalized spacial score (nSPS) is 16.3. The number of carbonyl (C=O) groups is 2. The van der Waals surface area contributed by atoms with Crippen molar-refractivity contribution in [1.82, 2.24) is 10.6 Å². The van der Waals surface area contributed by atoms with Crippen LogP contribution in [-0.2, 0) is 16.1 Å². The predicted molar refractivity (Wildman–Crippen MR) is 109 cm³/mol. The van der Waals surface area contributed by atoms with Crippen LogP contribution in [-0.4, -0.2) is 26.1 Å². The topological polar surface area (TPSA) is 70.7 Å². The summed E-state index contributed by atoms with van der Waals surface area (Å²) in [5, 5.41) is 5.49. The van der Waals surface area contributed by atoms with E-state index in [-0.39, 0.29) is 12.6 Å². The number of benzene rings is 2. The van der Waals surface area contributed by atoms with Gasteiger partial charge in [0.15, 0.2) is 0 Å². The average Bonchev–Trinajstić information content (AvgIpc) is 2.66. The van der Waals surface area contributed by atoms with Gasteiger partial charge in [0.05, 0.1) is 11.6 Å². The maximum Gasteiger partial charge on any atom is 0.338 e. The number of carbonyl (C=O) groups excluding carboxylic acids is 2. The van der Waals surface area contributed by atoms with E-state index in [0.29, 0.717) is 11.3 Å². The highest BCUT2D eigenvalue weighted by Gasteiger charge is 2.32. The van der Waals surface area contributed by atoms with Crippen LogP contribution in [0.4, 0.5) is 10.5 Å². The zero-order chi connectivity index (χ0) is 20.3. The first-order valence-electron chi connectivity index (χ1n) is 9.13. The first kappa shape index (κ1) is 19.5. The van der Waals surface area contributed by atoms with Gasteiger partial charge in [0.25, 0.3) is 0 Å². The summed E-state index contributed by atoms with van der Waals surface area (Å²) in [7, 11) is 3.92. The van der Waals surface area contributed by atoms with E-state index in [4.69, 9.17) is 4.74 Å². The van der Waals surface area contributed by atoms with E-state index in [1.807, 2.05) is 74.4 Å². The third kappa shape index (κ3) is 4.34. The van der Waals surface area contributed by atoms with Crippen molar-refractivity contribution in [2.45, 2.75) is 26.5 Å². The second kappa shape index (κ2) is 8.17. The Morgan fingerprint density at radius 1 is 1.04 bits per heavy atom. The van der Waals surface area contributed by atoms with Crippen LogP contribution in [0.1, 0.15) is 29.7 Å². The minimum atomic E-state index is -0.560. The third-order valence-corrected chi connectivity index (χ3v) is 4.72. The number of nitrogens with zero attached hydrogens (tertiary/aromatic N) is 1. The average molecular weight is 379 g/mol. The molecule has 3 rings (SSSR count). The Morgan fingerprint density at radius 3 is 2.29 bits per heavy atom. The minimum absolute atomic E-state index is 0.177. The lowest BCUT2D eigenvalue weighted by molar-refractivity contribution is -0.140. The Bertz CT molecular complexity index is 900. The van der Waals surface area contributed by atoms with Crippen molar-refractivity contribution in [3.8, 4) is 0 Å². The molecule has 6 nitrogen and oxygen atoms in total. The lowest BCUT2D eigenvalue weighted by Crippen LogP contribution is -2.45. The standard InChI is InChI=1S/C22H25N3O3/c1-14-5-7-16(8-6-14)13-28-21(26)19-15(2)23-22(27)24-20(19)17-9-11-18(12-10-17)25(3)4/h5-12,20H,13H2,1-4H3,(H2,23,24,27)/t20-/m1/s1. The van der Waals surface area contributed by atoms with E-state index in [1.165, 1.54) is 0 Å². The van der Waals surface area contributed by atoms with Crippen molar-refractivity contribution in [2.75, 3.05) is 19.0 Å². The van der Waals surface area contributed by atoms with Crippen LogP contribution >= 0.6 is 0 Å². The van der Waals surface area contributed by atoms with Gasteiger partial charge < -0.3 is 20.3 Å². The first-order valence-corrected chi connectivity index (χ1v) is 9.13. The molecule has 0 saturated heterocycles. The zero-order valence-electron chi connectivity index (χ0n) is 16.6. The Morgan fingerprint density at radius 2 is 1.68 bits per heavy atom. The summed E-state index contributed by atoms with van der Waals surface area (Å²) in [4.78, 5) is 26.8. The van der Waals surface area contributed by atoms with Crippen molar-refractivity contribution < 1.29 is 14.3 Å². The molecule has 0 unspecified atom stereocenters. The highest BCUT2D eigenvalue weighted by atomic mass is 16.5. The molecule has 0 radical (unpaired) electrons. The van der Waals surface area contributed by atoms with Gasteiger partial charge in [-0.1, -0.05) is 42.0 Å². The molecule has 1 heterocycles. The maximum atomic E-state index is 12.8. The van der Waals surface area contributed by atoms with Crippen molar-refractivity contribution in [3.05, 3.63) is 76.5 Å². The number of allylic oxidation sites excluding steroid dienone is 1. The van der Waals surface area contributed by atoms with Crippen LogP contribution in [0.5, 0.6) is 0 Å². The molecule has 0 bridgehead atoms. The molecule has 1 atom stereocenters. The fourth-order valence-corrected chi connectivity index (χ4v) is 3.09. The molecule has 2 N–H and O–H groups in total. The molecule has 0 saturated carbocycles. The number of hydrogen-bond donors (Lipinski definition) is 2. The van der Waals surface area contributed by atoms with Crippen LogP contribution in [0, 0.1) is 6.92 Å². The van der Waals surface area contributed by atoms with Crippen LogP contribution in [0.2, 0.25) is 0 Å². The van der Waals surface area contributed by atoms with Gasteiger partial charge in [0, 0.05) is 25.5 Å². The van der Waals surface area contributed by atoms with E-state index in [0.717, 1.165) is 22.4 Å². The Labute approximate surface area is 165 Å². The molecule has 1 aliphatic heterocycles. The fraction of sp³-hybridized carbons (Fsp3) is 0.273. The van der Waals surface area contributed by atoms with Crippen LogP contribution in [0.25, 0.3) is 0 Å². The van der Waals surface area contributed by atoms with Crippen molar-refractivity contribution in [2.24, 2.45) is 0 Å². The summed E-state index contributed by atoms with van der Waals surface area (Å²) < 4.78 is 5.53. The van der Waals surface area contributed by atoms with Gasteiger partial charge in [0.1, 0.15) is 6.61 Å². The molecule has 2 aromatic carbocycles. The number of hydrogen-bond acceptors (Lipinski definition) is 4. The molecule has 0 fully saturated rings. The number of ether oxygens (including phenoxy) is 1. The molecule has 146 valence electrons. The van der Waals surface area contributed by atoms with Gasteiger partial charge in [-0.2, -0.15) is 0 Å². The summed E-state index contributed by atoms with van der Waals surface area (Å²) in [6.45, 7) is 3.89. The second-order valence-electron chi connectivity index (χ2n) is 7.12. The number of amides is 2. The quantitative estimate of drug-likeness (QED) is 0.781. The summed E-state index contributed by atoms with van der Waals surface area (Å²) in [6.07, 6.45) is 0. The molecule has 0 spiro atoms. The van der Waals surface area contributed by atoms with Crippen LogP contribution in [0.3, 0.4) is 0 Å². The summed E-state index contributed by atoms with van der Waals surface area (Å²) in [6, 6.07) is 14.6. The zero-order valence-corrected chi connectivity index (χ0v) is 16.6. The number of esters is 1. The van der Waals surface area contributed by atoms with Crippen molar-refractivity contribution in [1.29, 1.82) is 0 Å². The Balaban J connectivity index is 1.82. The Kier molecular flexibility index (Phi) is 5.68. The maximum absolute atomic E-state index is 12.8. The van der Waals surface area contributed by atoms with Crippen LogP contribution in [0.15, 0.2) is 59.8 Å². The van der Waals surface area contributed by atoms with Crippen LogP contribution < -0.4 is 15.5 Å². The largest absolute Gasteiger partial charge is 0.457 e. The van der Waals surface area contributed by atoms with Gasteiger partial charge >= 0.3 is 12.0 Å². The monoisotopic (exact) mass is 379 g/mol. The SMILES string of the molecule is CC1=C(C(=O)OCc2ccc(C)cc2)[C@@H](c2ccc(N(C)C)cc2)NC(=O)N1. The number of anilines is 1. The molecule has 0 aliphatic carbocycles. The fourth-order valence-electron chi connectivity index (χ4n) is 3.09. The number of rotatable bonds is 5. The predicted octanol–water partition coefficient (Wildman–Crippen LogP) is 3.43. The van der Waals surface area contributed by atoms with Gasteiger partial charge in [-0.05, 0) is 37.1 Å². The summed E-state index contributed by atoms with van der Waals surface area (Å²) in [5.74, 6) is -0.452. The van der Waals surface area contributed by atoms with E-state index in [2.05, 4.69) is 10.6 Å². The van der Waals surface area contributed by atoms with E-state index in [1.54, 1.807) is 6.92 Å². The minimum Gasteiger partial charge on any atom is -0.457 e. The van der Waals surface area contributed by atoms with E-state index < -0.39 is 12.0 Å². The molecule has 2 amide bonds. The third-order valence-electron chi connectivity index (χ3n) is 4.72. The van der Waals surface area contributed by atoms with Crippen molar-refractivity contribution in [3.63, 3.8) is 0 Å². The number of aryl methyl sites for hydroxylation is 1. The van der Waals surface area contributed by atoms with Gasteiger partial charge in [-0.3, -0.25) is 0 Å². The number of nitrogens with one attached hydrogen (secondary N) is 2. The highest BCUT2D eigenvalue weighted by molar-refractivity contribution is 5.95. The molecule has 28 heavy (non-hydrogen) atoms. The lowest BCUT2D eigenvalue weighted by Gasteiger charge is -2.28. The van der Waals surface area contributed by atoms with E-state index in [9.17, 15) is 9.59 Å². The van der Waals surface area contributed by atoms with E-state index >= 15 is 0 Å². The lowest BCUT2D eigenvalue weighted by atomic mass is 9.95.